The summed E-state index contributed by atoms with van der Waals surface area (Å²) in [6, 6.07) is 0.485. The van der Waals surface area contributed by atoms with E-state index in [-0.39, 0.29) is 5.41 Å². The van der Waals surface area contributed by atoms with Crippen molar-refractivity contribution in [2.24, 2.45) is 5.41 Å². The highest BCUT2D eigenvalue weighted by molar-refractivity contribution is 7.90. The van der Waals surface area contributed by atoms with Crippen LogP contribution in [-0.2, 0) is 9.84 Å². The monoisotopic (exact) mass is 235 g/mol. The summed E-state index contributed by atoms with van der Waals surface area (Å²) in [6.07, 6.45) is 3.00. The van der Waals surface area contributed by atoms with Crippen molar-refractivity contribution in [3.8, 4) is 0 Å². The van der Waals surface area contributed by atoms with Gasteiger partial charge in [-0.1, -0.05) is 27.7 Å². The summed E-state index contributed by atoms with van der Waals surface area (Å²) in [7, 11) is -2.80. The highest BCUT2D eigenvalue weighted by atomic mass is 32.2. The first-order chi connectivity index (χ1) is 6.62. The summed E-state index contributed by atoms with van der Waals surface area (Å²) >= 11 is 0. The van der Waals surface area contributed by atoms with Crippen LogP contribution in [0.1, 0.15) is 40.5 Å². The fraction of sp³-hybridized carbons (Fsp3) is 1.00. The van der Waals surface area contributed by atoms with E-state index in [1.54, 1.807) is 0 Å². The lowest BCUT2D eigenvalue weighted by Crippen LogP contribution is -2.34. The van der Waals surface area contributed by atoms with E-state index in [9.17, 15) is 8.42 Å². The first kappa shape index (κ1) is 14.9. The minimum Gasteiger partial charge on any atom is -0.314 e. The molecule has 0 rings (SSSR count). The standard InChI is InChI=1S/C11H25NO2S/c1-10(2)12-9-11(3,4)7-6-8-15(5,13)14/h10,12H,6-9H2,1-5H3. The Hall–Kier alpha value is -0.0900. The molecule has 4 heteroatoms. The highest BCUT2D eigenvalue weighted by Crippen LogP contribution is 2.21. The zero-order valence-corrected chi connectivity index (χ0v) is 11.4. The molecule has 0 unspecified atom stereocenters. The first-order valence-corrected chi connectivity index (χ1v) is 7.59. The summed E-state index contributed by atoms with van der Waals surface area (Å²) in [4.78, 5) is 0. The van der Waals surface area contributed by atoms with Gasteiger partial charge >= 0.3 is 0 Å². The Balaban J connectivity index is 3.84. The Labute approximate surface area is 94.6 Å². The predicted octanol–water partition coefficient (Wildman–Crippen LogP) is 1.84. The minimum absolute atomic E-state index is 0.176. The smallest absolute Gasteiger partial charge is 0.147 e. The molecule has 0 aromatic carbocycles. The average molecular weight is 235 g/mol. The van der Waals surface area contributed by atoms with Crippen molar-refractivity contribution < 1.29 is 8.42 Å². The zero-order chi connectivity index (χ0) is 12.1. The molecule has 0 radical (unpaired) electrons. The number of hydrogen-bond acceptors (Lipinski definition) is 3. The van der Waals surface area contributed by atoms with Crippen molar-refractivity contribution in [2.45, 2.75) is 46.6 Å². The summed E-state index contributed by atoms with van der Waals surface area (Å²) in [5.41, 5.74) is 0.176. The number of rotatable bonds is 7. The first-order valence-electron chi connectivity index (χ1n) is 5.53. The van der Waals surface area contributed by atoms with Gasteiger partial charge in [-0.05, 0) is 18.3 Å². The zero-order valence-electron chi connectivity index (χ0n) is 10.6. The van der Waals surface area contributed by atoms with Crippen LogP contribution in [-0.4, -0.2) is 33.0 Å². The van der Waals surface area contributed by atoms with Gasteiger partial charge in [0.1, 0.15) is 9.84 Å². The van der Waals surface area contributed by atoms with Gasteiger partial charge in [0.15, 0.2) is 0 Å². The topological polar surface area (TPSA) is 46.2 Å². The van der Waals surface area contributed by atoms with E-state index >= 15 is 0 Å². The van der Waals surface area contributed by atoms with Gasteiger partial charge in [0.25, 0.3) is 0 Å². The fourth-order valence-electron chi connectivity index (χ4n) is 1.38. The van der Waals surface area contributed by atoms with Crippen LogP contribution in [0.3, 0.4) is 0 Å². The molecule has 0 saturated heterocycles. The SMILES string of the molecule is CC(C)NCC(C)(C)CCCS(C)(=O)=O. The van der Waals surface area contributed by atoms with Crippen molar-refractivity contribution in [1.82, 2.24) is 5.32 Å². The molecule has 0 fully saturated rings. The van der Waals surface area contributed by atoms with Gasteiger partial charge in [-0.15, -0.1) is 0 Å². The van der Waals surface area contributed by atoms with E-state index in [1.165, 1.54) is 6.26 Å². The van der Waals surface area contributed by atoms with Crippen molar-refractivity contribution in [1.29, 1.82) is 0 Å². The fourth-order valence-corrected chi connectivity index (χ4v) is 2.05. The van der Waals surface area contributed by atoms with Crippen LogP contribution < -0.4 is 5.32 Å². The van der Waals surface area contributed by atoms with Gasteiger partial charge in [-0.3, -0.25) is 0 Å². The van der Waals surface area contributed by atoms with E-state index in [4.69, 9.17) is 0 Å². The van der Waals surface area contributed by atoms with Crippen molar-refractivity contribution in [2.75, 3.05) is 18.6 Å². The molecule has 0 aromatic rings. The maximum Gasteiger partial charge on any atom is 0.147 e. The Bertz CT molecular complexity index is 268. The predicted molar refractivity (Wildman–Crippen MR) is 65.9 cm³/mol. The van der Waals surface area contributed by atoms with Crippen LogP contribution in [0.5, 0.6) is 0 Å². The van der Waals surface area contributed by atoms with Gasteiger partial charge in [-0.2, -0.15) is 0 Å². The second-order valence-electron chi connectivity index (χ2n) is 5.43. The maximum atomic E-state index is 11.0. The van der Waals surface area contributed by atoms with Gasteiger partial charge < -0.3 is 5.32 Å². The summed E-state index contributed by atoms with van der Waals surface area (Å²) < 4.78 is 21.9. The molecule has 0 atom stereocenters. The minimum atomic E-state index is -2.80. The van der Waals surface area contributed by atoms with Crippen LogP contribution in [0, 0.1) is 5.41 Å². The van der Waals surface area contributed by atoms with Crippen molar-refractivity contribution >= 4 is 9.84 Å². The van der Waals surface area contributed by atoms with E-state index < -0.39 is 9.84 Å². The van der Waals surface area contributed by atoms with E-state index in [2.05, 4.69) is 33.0 Å². The van der Waals surface area contributed by atoms with Crippen LogP contribution in [0.4, 0.5) is 0 Å². The second-order valence-corrected chi connectivity index (χ2v) is 7.69. The Kier molecular flexibility index (Phi) is 5.81. The van der Waals surface area contributed by atoms with Crippen LogP contribution >= 0.6 is 0 Å². The van der Waals surface area contributed by atoms with Gasteiger partial charge in [0, 0.05) is 24.6 Å². The van der Waals surface area contributed by atoms with Crippen LogP contribution in [0.2, 0.25) is 0 Å². The molecule has 1 N–H and O–H groups in total. The van der Waals surface area contributed by atoms with E-state index in [0.29, 0.717) is 11.8 Å². The lowest BCUT2D eigenvalue weighted by Gasteiger charge is -2.26. The molecule has 0 spiro atoms. The maximum absolute atomic E-state index is 11.0. The molecule has 0 amide bonds. The summed E-state index contributed by atoms with van der Waals surface area (Å²) in [5.74, 6) is 0.304. The van der Waals surface area contributed by atoms with Gasteiger partial charge in [-0.25, -0.2) is 8.42 Å². The number of sulfone groups is 1. The number of hydrogen-bond donors (Lipinski definition) is 1. The van der Waals surface area contributed by atoms with Gasteiger partial charge in [0.2, 0.25) is 0 Å². The third-order valence-corrected chi connectivity index (χ3v) is 3.39. The van der Waals surface area contributed by atoms with Crippen molar-refractivity contribution in [3.05, 3.63) is 0 Å². The second kappa shape index (κ2) is 5.85. The van der Waals surface area contributed by atoms with E-state index in [1.807, 2.05) is 0 Å². The molecule has 0 aliphatic rings. The molecule has 0 aromatic heterocycles. The number of nitrogens with one attached hydrogen (secondary N) is 1. The average Bonchev–Trinajstić information content (AvgIpc) is 1.98. The molecule has 0 aliphatic carbocycles. The Morgan fingerprint density at radius 1 is 1.27 bits per heavy atom. The Morgan fingerprint density at radius 2 is 1.80 bits per heavy atom. The molecule has 15 heavy (non-hydrogen) atoms. The van der Waals surface area contributed by atoms with E-state index in [0.717, 1.165) is 19.4 Å². The summed E-state index contributed by atoms with van der Waals surface area (Å²) in [6.45, 7) is 9.52. The van der Waals surface area contributed by atoms with Crippen molar-refractivity contribution in [3.63, 3.8) is 0 Å². The summed E-state index contributed by atoms with van der Waals surface area (Å²) in [5, 5.41) is 3.38. The molecule has 0 heterocycles. The Morgan fingerprint density at radius 3 is 2.20 bits per heavy atom. The van der Waals surface area contributed by atoms with Crippen LogP contribution in [0.15, 0.2) is 0 Å². The highest BCUT2D eigenvalue weighted by Gasteiger charge is 2.18. The lowest BCUT2D eigenvalue weighted by molar-refractivity contribution is 0.301. The molecule has 0 aliphatic heterocycles. The molecule has 0 saturated carbocycles. The largest absolute Gasteiger partial charge is 0.314 e. The molecule has 92 valence electrons. The third kappa shape index (κ3) is 10.2. The lowest BCUT2D eigenvalue weighted by atomic mass is 9.88. The normalized spacial score (nSPS) is 13.5. The third-order valence-electron chi connectivity index (χ3n) is 2.36. The molecular weight excluding hydrogens is 210 g/mol. The van der Waals surface area contributed by atoms with Gasteiger partial charge in [0.05, 0.1) is 0 Å². The quantitative estimate of drug-likeness (QED) is 0.732. The van der Waals surface area contributed by atoms with Crippen LogP contribution in [0.25, 0.3) is 0 Å². The molecule has 0 bridgehead atoms. The molecule has 3 nitrogen and oxygen atoms in total. The molecular formula is C11H25NO2S.